The molecule has 2 heterocycles. The molecule has 0 aliphatic heterocycles. The number of rotatable bonds is 9. The van der Waals surface area contributed by atoms with Crippen LogP contribution >= 0.6 is 0 Å². The molecule has 0 spiro atoms. The SMILES string of the molecule is CN(CC(=O)NCc1ccco1)C(=O)C[NH2+][C@H](c1ccccc1)c1ccco1. The van der Waals surface area contributed by atoms with Crippen LogP contribution in [0.25, 0.3) is 0 Å². The number of quaternary nitrogens is 1. The number of carbonyl (C=O) groups is 2. The number of hydrogen-bond donors (Lipinski definition) is 2. The van der Waals surface area contributed by atoms with E-state index in [0.29, 0.717) is 12.3 Å². The Morgan fingerprint density at radius 2 is 1.79 bits per heavy atom. The number of nitrogens with two attached hydrogens (primary N) is 1. The zero-order chi connectivity index (χ0) is 19.8. The van der Waals surface area contributed by atoms with Crippen LogP contribution in [0.3, 0.4) is 0 Å². The number of likely N-dealkylation sites (N-methyl/N-ethyl adjacent to an activating group) is 1. The average Bonchev–Trinajstić information content (AvgIpc) is 3.41. The number of furan rings is 2. The lowest BCUT2D eigenvalue weighted by Gasteiger charge is -2.18. The summed E-state index contributed by atoms with van der Waals surface area (Å²) in [5.41, 5.74) is 1.05. The first kappa shape index (κ1) is 19.4. The minimum Gasteiger partial charge on any atom is -0.467 e. The molecule has 3 aromatic rings. The molecule has 0 saturated carbocycles. The molecule has 28 heavy (non-hydrogen) atoms. The van der Waals surface area contributed by atoms with Crippen molar-refractivity contribution in [2.45, 2.75) is 12.6 Å². The lowest BCUT2D eigenvalue weighted by molar-refractivity contribution is -0.679. The summed E-state index contributed by atoms with van der Waals surface area (Å²) in [7, 11) is 1.62. The summed E-state index contributed by atoms with van der Waals surface area (Å²) in [4.78, 5) is 25.9. The van der Waals surface area contributed by atoms with Gasteiger partial charge in [-0.15, -0.1) is 0 Å². The molecule has 0 saturated heterocycles. The largest absolute Gasteiger partial charge is 0.467 e. The van der Waals surface area contributed by atoms with E-state index in [1.54, 1.807) is 31.7 Å². The van der Waals surface area contributed by atoms with Gasteiger partial charge in [0.25, 0.3) is 5.91 Å². The van der Waals surface area contributed by atoms with Crippen molar-refractivity contribution < 1.29 is 23.7 Å². The van der Waals surface area contributed by atoms with E-state index in [2.05, 4.69) is 5.32 Å². The second kappa shape index (κ2) is 9.57. The van der Waals surface area contributed by atoms with Gasteiger partial charge in [0, 0.05) is 12.6 Å². The molecule has 2 aromatic heterocycles. The van der Waals surface area contributed by atoms with Crippen molar-refractivity contribution in [2.75, 3.05) is 20.1 Å². The number of nitrogens with zero attached hydrogens (tertiary/aromatic N) is 1. The van der Waals surface area contributed by atoms with Crippen molar-refractivity contribution >= 4 is 11.8 Å². The van der Waals surface area contributed by atoms with Gasteiger partial charge >= 0.3 is 0 Å². The molecule has 3 N–H and O–H groups in total. The van der Waals surface area contributed by atoms with Crippen LogP contribution in [0.15, 0.2) is 76.0 Å². The van der Waals surface area contributed by atoms with Gasteiger partial charge in [0.05, 0.1) is 25.6 Å². The van der Waals surface area contributed by atoms with Crippen molar-refractivity contribution in [3.05, 3.63) is 84.2 Å². The van der Waals surface area contributed by atoms with E-state index >= 15 is 0 Å². The molecule has 1 atom stereocenters. The summed E-state index contributed by atoms with van der Waals surface area (Å²) in [6.45, 7) is 0.487. The maximum atomic E-state index is 12.5. The van der Waals surface area contributed by atoms with E-state index < -0.39 is 0 Å². The molecule has 7 heteroatoms. The molecule has 0 radical (unpaired) electrons. The Labute approximate surface area is 163 Å². The van der Waals surface area contributed by atoms with Crippen molar-refractivity contribution in [3.8, 4) is 0 Å². The van der Waals surface area contributed by atoms with Gasteiger partial charge in [-0.1, -0.05) is 30.3 Å². The van der Waals surface area contributed by atoms with Gasteiger partial charge in [0.2, 0.25) is 5.91 Å². The van der Waals surface area contributed by atoms with Gasteiger partial charge < -0.3 is 24.4 Å². The van der Waals surface area contributed by atoms with E-state index in [-0.39, 0.29) is 30.9 Å². The molecule has 7 nitrogen and oxygen atoms in total. The second-order valence-electron chi connectivity index (χ2n) is 6.45. The highest BCUT2D eigenvalue weighted by Gasteiger charge is 2.23. The summed E-state index contributed by atoms with van der Waals surface area (Å²) >= 11 is 0. The van der Waals surface area contributed by atoms with E-state index in [9.17, 15) is 9.59 Å². The van der Waals surface area contributed by atoms with Gasteiger partial charge in [-0.05, 0) is 24.3 Å². The highest BCUT2D eigenvalue weighted by atomic mass is 16.3. The zero-order valence-corrected chi connectivity index (χ0v) is 15.7. The Morgan fingerprint density at radius 1 is 1.04 bits per heavy atom. The average molecular weight is 382 g/mol. The zero-order valence-electron chi connectivity index (χ0n) is 15.7. The number of carbonyl (C=O) groups excluding carboxylic acids is 2. The molecule has 0 aliphatic carbocycles. The number of amides is 2. The number of benzene rings is 1. The topological polar surface area (TPSA) is 92.3 Å². The first-order chi connectivity index (χ1) is 13.6. The van der Waals surface area contributed by atoms with Crippen molar-refractivity contribution in [1.29, 1.82) is 0 Å². The predicted octanol–water partition coefficient (Wildman–Crippen LogP) is 1.30. The van der Waals surface area contributed by atoms with Crippen LogP contribution in [-0.4, -0.2) is 36.9 Å². The number of nitrogens with one attached hydrogen (secondary N) is 1. The monoisotopic (exact) mass is 382 g/mol. The van der Waals surface area contributed by atoms with E-state index in [0.717, 1.165) is 11.3 Å². The molecule has 0 fully saturated rings. The quantitative estimate of drug-likeness (QED) is 0.583. The Bertz CT molecular complexity index is 860. The molecule has 1 aromatic carbocycles. The third-order valence-electron chi connectivity index (χ3n) is 4.38. The first-order valence-electron chi connectivity index (χ1n) is 9.08. The van der Waals surface area contributed by atoms with Gasteiger partial charge in [0.1, 0.15) is 5.76 Å². The van der Waals surface area contributed by atoms with Gasteiger partial charge in [-0.25, -0.2) is 0 Å². The van der Waals surface area contributed by atoms with Crippen LogP contribution in [0.2, 0.25) is 0 Å². The van der Waals surface area contributed by atoms with Crippen molar-refractivity contribution in [1.82, 2.24) is 10.2 Å². The van der Waals surface area contributed by atoms with Gasteiger partial charge in [0.15, 0.2) is 18.3 Å². The minimum atomic E-state index is -0.238. The predicted molar refractivity (Wildman–Crippen MR) is 102 cm³/mol. The highest BCUT2D eigenvalue weighted by molar-refractivity contribution is 5.84. The Hall–Kier alpha value is -3.32. The van der Waals surface area contributed by atoms with Gasteiger partial charge in [-0.2, -0.15) is 0 Å². The third-order valence-corrected chi connectivity index (χ3v) is 4.38. The standard InChI is InChI=1S/C21H23N3O4/c1-24(15-19(25)22-13-17-9-5-11-27-17)20(26)14-23-21(18-10-6-12-28-18)16-7-3-2-4-8-16/h2-12,21,23H,13-15H2,1H3,(H,22,25)/p+1/t21-/m1/s1. The lowest BCUT2D eigenvalue weighted by Crippen LogP contribution is -2.87. The van der Waals surface area contributed by atoms with Crippen molar-refractivity contribution in [2.24, 2.45) is 0 Å². The maximum Gasteiger partial charge on any atom is 0.277 e. The molecular formula is C21H24N3O4+. The van der Waals surface area contributed by atoms with E-state index in [1.165, 1.54) is 4.90 Å². The van der Waals surface area contributed by atoms with Crippen LogP contribution in [0.1, 0.15) is 23.1 Å². The van der Waals surface area contributed by atoms with Crippen LogP contribution in [0.5, 0.6) is 0 Å². The summed E-state index contributed by atoms with van der Waals surface area (Å²) in [6.07, 6.45) is 3.17. The third kappa shape index (κ3) is 5.34. The Balaban J connectivity index is 1.51. The molecule has 0 aliphatic rings. The summed E-state index contributed by atoms with van der Waals surface area (Å²) < 4.78 is 10.7. The summed E-state index contributed by atoms with van der Waals surface area (Å²) in [6, 6.07) is 17.0. The van der Waals surface area contributed by atoms with Crippen LogP contribution in [0.4, 0.5) is 0 Å². The maximum absolute atomic E-state index is 12.5. The normalized spacial score (nSPS) is 11.8. The van der Waals surface area contributed by atoms with Crippen molar-refractivity contribution in [3.63, 3.8) is 0 Å². The smallest absolute Gasteiger partial charge is 0.277 e. The van der Waals surface area contributed by atoms with Crippen LogP contribution in [-0.2, 0) is 16.1 Å². The minimum absolute atomic E-state index is 0.00978. The Kier molecular flexibility index (Phi) is 6.64. The Morgan fingerprint density at radius 3 is 2.46 bits per heavy atom. The fourth-order valence-electron chi connectivity index (χ4n) is 2.88. The highest BCUT2D eigenvalue weighted by Crippen LogP contribution is 2.18. The first-order valence-corrected chi connectivity index (χ1v) is 9.08. The fraction of sp³-hybridized carbons (Fsp3) is 0.238. The molecule has 3 rings (SSSR count). The molecule has 146 valence electrons. The summed E-state index contributed by atoms with van der Waals surface area (Å²) in [5, 5.41) is 4.64. The molecular weight excluding hydrogens is 358 g/mol. The fourth-order valence-corrected chi connectivity index (χ4v) is 2.88. The van der Waals surface area contributed by atoms with E-state index in [1.807, 2.05) is 47.8 Å². The molecule has 0 unspecified atom stereocenters. The van der Waals surface area contributed by atoms with Crippen LogP contribution in [0, 0.1) is 0 Å². The second-order valence-corrected chi connectivity index (χ2v) is 6.45. The molecule has 0 bridgehead atoms. The number of hydrogen-bond acceptors (Lipinski definition) is 4. The van der Waals surface area contributed by atoms with E-state index in [4.69, 9.17) is 8.83 Å². The van der Waals surface area contributed by atoms with Gasteiger partial charge in [-0.3, -0.25) is 9.59 Å². The summed E-state index contributed by atoms with van der Waals surface area (Å²) in [5.74, 6) is 1.07. The molecule has 2 amide bonds. The lowest BCUT2D eigenvalue weighted by atomic mass is 10.0. The van der Waals surface area contributed by atoms with Crippen LogP contribution < -0.4 is 10.6 Å².